The summed E-state index contributed by atoms with van der Waals surface area (Å²) in [5.41, 5.74) is 5.19. The van der Waals surface area contributed by atoms with Crippen molar-refractivity contribution in [1.29, 1.82) is 0 Å². The zero-order chi connectivity index (χ0) is 10.6. The molecule has 3 nitrogen and oxygen atoms in total. The van der Waals surface area contributed by atoms with Crippen LogP contribution in [0, 0.1) is 5.92 Å². The van der Waals surface area contributed by atoms with Gasteiger partial charge in [-0.2, -0.15) is 0 Å². The van der Waals surface area contributed by atoms with Crippen LogP contribution >= 0.6 is 0 Å². The van der Waals surface area contributed by atoms with Crippen molar-refractivity contribution in [3.05, 3.63) is 12.2 Å². The first-order chi connectivity index (χ1) is 6.81. The molecular formula is C11H21N3. The first kappa shape index (κ1) is 13.0. The zero-order valence-corrected chi connectivity index (χ0v) is 9.19. The van der Waals surface area contributed by atoms with E-state index >= 15 is 0 Å². The van der Waals surface area contributed by atoms with E-state index in [-0.39, 0.29) is 0 Å². The molecule has 0 rings (SSSR count). The lowest BCUT2D eigenvalue weighted by molar-refractivity contribution is 0.752. The molecule has 80 valence electrons. The molecular weight excluding hydrogens is 174 g/mol. The maximum absolute atomic E-state index is 5.19. The van der Waals surface area contributed by atoms with Gasteiger partial charge in [0.25, 0.3) is 0 Å². The van der Waals surface area contributed by atoms with Crippen molar-refractivity contribution in [2.75, 3.05) is 13.2 Å². The SMILES string of the molecule is CCC(C)C=NC/C=C\CC=NCN. The molecule has 3 heteroatoms. The molecule has 14 heavy (non-hydrogen) atoms. The van der Waals surface area contributed by atoms with Crippen molar-refractivity contribution in [1.82, 2.24) is 0 Å². The Morgan fingerprint density at radius 2 is 2.07 bits per heavy atom. The number of allylic oxidation sites excluding steroid dienone is 1. The highest BCUT2D eigenvalue weighted by atomic mass is 14.8. The molecule has 1 unspecified atom stereocenters. The molecule has 0 amide bonds. The average Bonchev–Trinajstić information content (AvgIpc) is 2.21. The predicted octanol–water partition coefficient (Wildman–Crippen LogP) is 2.04. The molecule has 2 N–H and O–H groups in total. The van der Waals surface area contributed by atoms with Crippen LogP contribution in [0.1, 0.15) is 26.7 Å². The van der Waals surface area contributed by atoms with Gasteiger partial charge in [0.15, 0.2) is 0 Å². The van der Waals surface area contributed by atoms with E-state index < -0.39 is 0 Å². The molecule has 0 bridgehead atoms. The van der Waals surface area contributed by atoms with E-state index in [0.29, 0.717) is 12.6 Å². The normalized spacial score (nSPS) is 14.8. The Kier molecular flexibility index (Phi) is 9.43. The van der Waals surface area contributed by atoms with E-state index in [1.165, 1.54) is 0 Å². The highest BCUT2D eigenvalue weighted by Crippen LogP contribution is 1.95. The Bertz CT molecular complexity index is 195. The summed E-state index contributed by atoms with van der Waals surface area (Å²) in [4.78, 5) is 8.17. The fourth-order valence-corrected chi connectivity index (χ4v) is 0.788. The minimum atomic E-state index is 0.375. The lowest BCUT2D eigenvalue weighted by Crippen LogP contribution is -1.93. The van der Waals surface area contributed by atoms with Crippen LogP contribution in [0.2, 0.25) is 0 Å². The second-order valence-electron chi connectivity index (χ2n) is 3.15. The van der Waals surface area contributed by atoms with Gasteiger partial charge in [-0.1, -0.05) is 26.0 Å². The van der Waals surface area contributed by atoms with Gasteiger partial charge in [0.05, 0.1) is 13.2 Å². The van der Waals surface area contributed by atoms with Gasteiger partial charge in [-0.05, 0) is 12.3 Å². The van der Waals surface area contributed by atoms with E-state index in [1.54, 1.807) is 0 Å². The Balaban J connectivity index is 3.43. The quantitative estimate of drug-likeness (QED) is 0.490. The fraction of sp³-hybridized carbons (Fsp3) is 0.636. The van der Waals surface area contributed by atoms with Crippen LogP contribution in [0.5, 0.6) is 0 Å². The number of rotatable bonds is 7. The van der Waals surface area contributed by atoms with Gasteiger partial charge in [0, 0.05) is 18.9 Å². The van der Waals surface area contributed by atoms with Crippen LogP contribution in [-0.2, 0) is 0 Å². The summed E-state index contributed by atoms with van der Waals surface area (Å²) in [6.07, 6.45) is 9.91. The molecule has 0 aromatic rings. The molecule has 0 aromatic carbocycles. The van der Waals surface area contributed by atoms with Gasteiger partial charge in [-0.15, -0.1) is 0 Å². The van der Waals surface area contributed by atoms with Crippen molar-refractivity contribution >= 4 is 12.4 Å². The zero-order valence-electron chi connectivity index (χ0n) is 9.19. The third-order valence-corrected chi connectivity index (χ3v) is 1.86. The number of hydrogen-bond acceptors (Lipinski definition) is 3. The lowest BCUT2D eigenvalue weighted by Gasteiger charge is -1.96. The molecule has 0 heterocycles. The van der Waals surface area contributed by atoms with Gasteiger partial charge in [0.2, 0.25) is 0 Å². The fourth-order valence-electron chi connectivity index (χ4n) is 0.788. The molecule has 1 atom stereocenters. The first-order valence-electron chi connectivity index (χ1n) is 5.14. The van der Waals surface area contributed by atoms with Crippen LogP contribution in [0.15, 0.2) is 22.1 Å². The van der Waals surface area contributed by atoms with E-state index in [9.17, 15) is 0 Å². The Labute approximate surface area is 86.8 Å². The van der Waals surface area contributed by atoms with Crippen LogP contribution in [0.3, 0.4) is 0 Å². The van der Waals surface area contributed by atoms with E-state index in [0.717, 1.165) is 19.4 Å². The molecule has 0 aliphatic rings. The summed E-state index contributed by atoms with van der Waals surface area (Å²) < 4.78 is 0. The molecule has 0 radical (unpaired) electrons. The van der Waals surface area contributed by atoms with Gasteiger partial charge in [-0.3, -0.25) is 9.98 Å². The van der Waals surface area contributed by atoms with Gasteiger partial charge >= 0.3 is 0 Å². The lowest BCUT2D eigenvalue weighted by atomic mass is 10.1. The second-order valence-corrected chi connectivity index (χ2v) is 3.15. The maximum atomic E-state index is 5.19. The number of hydrogen-bond donors (Lipinski definition) is 1. The summed E-state index contributed by atoms with van der Waals surface area (Å²) in [6, 6.07) is 0. The van der Waals surface area contributed by atoms with E-state index in [2.05, 4.69) is 23.8 Å². The van der Waals surface area contributed by atoms with Crippen LogP contribution in [0.4, 0.5) is 0 Å². The highest BCUT2D eigenvalue weighted by Gasteiger charge is 1.89. The molecule has 0 fully saturated rings. The molecule has 0 aliphatic carbocycles. The number of nitrogens with zero attached hydrogens (tertiary/aromatic N) is 2. The average molecular weight is 195 g/mol. The van der Waals surface area contributed by atoms with Crippen molar-refractivity contribution in [3.8, 4) is 0 Å². The summed E-state index contributed by atoms with van der Waals surface area (Å²) in [6.45, 7) is 5.47. The summed E-state index contributed by atoms with van der Waals surface area (Å²) >= 11 is 0. The van der Waals surface area contributed by atoms with Crippen molar-refractivity contribution in [2.24, 2.45) is 21.6 Å². The monoisotopic (exact) mass is 195 g/mol. The number of aliphatic imine (C=N–C) groups is 2. The maximum Gasteiger partial charge on any atom is 0.0855 e. The minimum absolute atomic E-state index is 0.375. The minimum Gasteiger partial charge on any atom is -0.312 e. The topological polar surface area (TPSA) is 50.7 Å². The van der Waals surface area contributed by atoms with Gasteiger partial charge in [-0.25, -0.2) is 0 Å². The molecule has 0 aliphatic heterocycles. The van der Waals surface area contributed by atoms with E-state index in [4.69, 9.17) is 5.73 Å². The first-order valence-corrected chi connectivity index (χ1v) is 5.14. The van der Waals surface area contributed by atoms with E-state index in [1.807, 2.05) is 24.6 Å². The van der Waals surface area contributed by atoms with Crippen LogP contribution in [0.25, 0.3) is 0 Å². The Morgan fingerprint density at radius 1 is 1.29 bits per heavy atom. The Hall–Kier alpha value is -0.960. The van der Waals surface area contributed by atoms with Gasteiger partial charge < -0.3 is 5.73 Å². The van der Waals surface area contributed by atoms with Crippen molar-refractivity contribution in [2.45, 2.75) is 26.7 Å². The predicted molar refractivity (Wildman–Crippen MR) is 64.1 cm³/mol. The Morgan fingerprint density at radius 3 is 2.71 bits per heavy atom. The smallest absolute Gasteiger partial charge is 0.0855 e. The second kappa shape index (κ2) is 10.1. The third-order valence-electron chi connectivity index (χ3n) is 1.86. The number of nitrogens with two attached hydrogens (primary N) is 1. The highest BCUT2D eigenvalue weighted by molar-refractivity contribution is 5.60. The molecule has 0 saturated carbocycles. The summed E-state index contributed by atoms with van der Waals surface area (Å²) in [5.74, 6) is 0.585. The summed E-state index contributed by atoms with van der Waals surface area (Å²) in [5, 5.41) is 0. The third kappa shape index (κ3) is 9.13. The molecule has 0 spiro atoms. The standard InChI is InChI=1S/C11H21N3/c1-3-11(2)9-13-7-5-4-6-8-14-10-12/h4-5,8-9,11H,3,6-7,10,12H2,1-2H3/b5-4-,13-9?,14-8?. The van der Waals surface area contributed by atoms with Crippen LogP contribution in [-0.4, -0.2) is 25.6 Å². The molecule has 0 aromatic heterocycles. The van der Waals surface area contributed by atoms with Crippen molar-refractivity contribution in [3.63, 3.8) is 0 Å². The molecule has 0 saturated heterocycles. The van der Waals surface area contributed by atoms with Crippen LogP contribution < -0.4 is 5.73 Å². The summed E-state index contributed by atoms with van der Waals surface area (Å²) in [7, 11) is 0. The van der Waals surface area contributed by atoms with Gasteiger partial charge in [0.1, 0.15) is 0 Å². The van der Waals surface area contributed by atoms with Crippen molar-refractivity contribution < 1.29 is 0 Å². The largest absolute Gasteiger partial charge is 0.312 e.